The topological polar surface area (TPSA) is 40.7 Å². The number of aromatic amines is 1. The van der Waals surface area contributed by atoms with Crippen LogP contribution in [-0.2, 0) is 6.42 Å². The summed E-state index contributed by atoms with van der Waals surface area (Å²) in [5.41, 5.74) is 1.96. The van der Waals surface area contributed by atoms with Crippen LogP contribution in [0.15, 0.2) is 12.3 Å². The van der Waals surface area contributed by atoms with Crippen molar-refractivity contribution in [3.63, 3.8) is 0 Å². The van der Waals surface area contributed by atoms with Gasteiger partial charge in [0, 0.05) is 18.4 Å². The lowest BCUT2D eigenvalue weighted by molar-refractivity contribution is 0.380. The molecule has 0 bridgehead atoms. The Morgan fingerprint density at radius 3 is 2.36 bits per heavy atom. The van der Waals surface area contributed by atoms with Crippen LogP contribution in [-0.4, -0.2) is 23.3 Å². The third-order valence-electron chi connectivity index (χ3n) is 5.22. The molecule has 1 aromatic heterocycles. The van der Waals surface area contributed by atoms with Gasteiger partial charge in [0.05, 0.1) is 0 Å². The first-order valence-corrected chi connectivity index (χ1v) is 10.7. The summed E-state index contributed by atoms with van der Waals surface area (Å²) in [7, 11) is 0. The molecule has 1 aliphatic carbocycles. The smallest absolute Gasteiger partial charge is 0.0490 e. The number of rotatable bonds is 12. The molecule has 0 spiro atoms. The van der Waals surface area contributed by atoms with Crippen molar-refractivity contribution in [2.75, 3.05) is 13.1 Å². The predicted molar refractivity (Wildman–Crippen MR) is 110 cm³/mol. The molecule has 0 saturated heterocycles. The van der Waals surface area contributed by atoms with Crippen LogP contribution in [0.4, 0.5) is 0 Å². The van der Waals surface area contributed by atoms with Gasteiger partial charge in [-0.3, -0.25) is 5.10 Å². The molecule has 0 amide bonds. The minimum Gasteiger partial charge on any atom is -0.316 e. The van der Waals surface area contributed by atoms with Crippen molar-refractivity contribution < 1.29 is 0 Å². The fraction of sp³-hybridized carbons (Fsp3) is 0.864. The SMILES string of the molecule is CC(C)CCc1ccn[nH]1.CCCCCNCC1(CCC(C)C)CC1. The number of hydrogen-bond acceptors (Lipinski definition) is 2. The molecule has 0 aromatic carbocycles. The summed E-state index contributed by atoms with van der Waals surface area (Å²) in [6.07, 6.45) is 14.0. The average Bonchev–Trinajstić information content (AvgIpc) is 3.14. The molecule has 0 aliphatic heterocycles. The standard InChI is InChI=1S/C14H29N.C8H14N2/c1-4-5-6-11-15-12-14(9-10-14)8-7-13(2)3;1-7(2)3-4-8-5-6-9-10-8/h13,15H,4-12H2,1-3H3;5-7H,3-4H2,1-2H3,(H,9,10). The molecule has 0 atom stereocenters. The molecule has 1 fully saturated rings. The van der Waals surface area contributed by atoms with Crippen LogP contribution in [0.25, 0.3) is 0 Å². The Kier molecular flexibility index (Phi) is 11.1. The summed E-state index contributed by atoms with van der Waals surface area (Å²) in [4.78, 5) is 0. The van der Waals surface area contributed by atoms with Crippen molar-refractivity contribution >= 4 is 0 Å². The third kappa shape index (κ3) is 11.4. The molecule has 0 unspecified atom stereocenters. The highest BCUT2D eigenvalue weighted by atomic mass is 15.1. The van der Waals surface area contributed by atoms with Crippen LogP contribution < -0.4 is 5.32 Å². The molecule has 2 N–H and O–H groups in total. The minimum absolute atomic E-state index is 0.719. The van der Waals surface area contributed by atoms with E-state index < -0.39 is 0 Å². The van der Waals surface area contributed by atoms with Crippen LogP contribution in [0.3, 0.4) is 0 Å². The normalized spacial score (nSPS) is 15.3. The van der Waals surface area contributed by atoms with Crippen molar-refractivity contribution in [1.29, 1.82) is 0 Å². The molecule has 1 aliphatic rings. The van der Waals surface area contributed by atoms with E-state index in [1.54, 1.807) is 6.20 Å². The van der Waals surface area contributed by atoms with E-state index in [2.05, 4.69) is 50.1 Å². The Labute approximate surface area is 156 Å². The van der Waals surface area contributed by atoms with Crippen molar-refractivity contribution in [2.24, 2.45) is 17.3 Å². The van der Waals surface area contributed by atoms with Crippen LogP contribution >= 0.6 is 0 Å². The molecule has 25 heavy (non-hydrogen) atoms. The number of H-pyrrole nitrogens is 1. The lowest BCUT2D eigenvalue weighted by atomic mass is 9.95. The number of nitrogens with one attached hydrogen (secondary N) is 2. The van der Waals surface area contributed by atoms with Gasteiger partial charge in [0.25, 0.3) is 0 Å². The summed E-state index contributed by atoms with van der Waals surface area (Å²) in [5.74, 6) is 1.66. The average molecular weight is 350 g/mol. The lowest BCUT2D eigenvalue weighted by Gasteiger charge is -2.17. The molecule has 3 nitrogen and oxygen atoms in total. The Hall–Kier alpha value is -0.830. The molecular weight excluding hydrogens is 306 g/mol. The maximum atomic E-state index is 3.88. The molecule has 0 radical (unpaired) electrons. The Bertz CT molecular complexity index is 405. The van der Waals surface area contributed by atoms with Gasteiger partial charge in [-0.25, -0.2) is 0 Å². The fourth-order valence-electron chi connectivity index (χ4n) is 3.01. The second kappa shape index (κ2) is 12.5. The minimum atomic E-state index is 0.719. The van der Waals surface area contributed by atoms with E-state index in [1.807, 2.05) is 6.07 Å². The van der Waals surface area contributed by atoms with E-state index in [1.165, 1.54) is 70.2 Å². The molecule has 1 heterocycles. The second-order valence-corrected chi connectivity index (χ2v) is 8.83. The highest BCUT2D eigenvalue weighted by molar-refractivity contribution is 4.97. The van der Waals surface area contributed by atoms with Gasteiger partial charge in [0.1, 0.15) is 0 Å². The van der Waals surface area contributed by atoms with E-state index >= 15 is 0 Å². The third-order valence-corrected chi connectivity index (χ3v) is 5.22. The number of unbranched alkanes of at least 4 members (excludes halogenated alkanes) is 2. The first kappa shape index (κ1) is 22.2. The largest absolute Gasteiger partial charge is 0.316 e. The Balaban J connectivity index is 0.000000271. The molecule has 3 heteroatoms. The maximum absolute atomic E-state index is 3.88. The summed E-state index contributed by atoms with van der Waals surface area (Å²) in [6.45, 7) is 13.9. The number of aryl methyl sites for hydroxylation is 1. The van der Waals surface area contributed by atoms with Crippen LogP contribution in [0.5, 0.6) is 0 Å². The van der Waals surface area contributed by atoms with E-state index in [0.717, 1.165) is 23.7 Å². The van der Waals surface area contributed by atoms with Gasteiger partial charge >= 0.3 is 0 Å². The van der Waals surface area contributed by atoms with Gasteiger partial charge in [0.2, 0.25) is 0 Å². The van der Waals surface area contributed by atoms with Gasteiger partial charge in [0.15, 0.2) is 0 Å². The maximum Gasteiger partial charge on any atom is 0.0490 e. The van der Waals surface area contributed by atoms with Gasteiger partial charge in [-0.1, -0.05) is 53.9 Å². The van der Waals surface area contributed by atoms with Gasteiger partial charge in [-0.15, -0.1) is 0 Å². The fourth-order valence-corrected chi connectivity index (χ4v) is 3.01. The van der Waals surface area contributed by atoms with Gasteiger partial charge in [-0.05, 0) is 68.4 Å². The van der Waals surface area contributed by atoms with E-state index in [-0.39, 0.29) is 0 Å². The molecule has 1 aromatic rings. The van der Waals surface area contributed by atoms with Gasteiger partial charge in [-0.2, -0.15) is 5.10 Å². The van der Waals surface area contributed by atoms with Crippen molar-refractivity contribution in [3.8, 4) is 0 Å². The Morgan fingerprint density at radius 1 is 1.12 bits per heavy atom. The lowest BCUT2D eigenvalue weighted by Crippen LogP contribution is -2.25. The number of nitrogens with zero attached hydrogens (tertiary/aromatic N) is 1. The first-order chi connectivity index (χ1) is 12.0. The highest BCUT2D eigenvalue weighted by Crippen LogP contribution is 2.49. The predicted octanol–water partition coefficient (Wildman–Crippen LogP) is 5.98. The van der Waals surface area contributed by atoms with Crippen molar-refractivity contribution in [1.82, 2.24) is 15.5 Å². The monoisotopic (exact) mass is 349 g/mol. The Morgan fingerprint density at radius 2 is 1.84 bits per heavy atom. The molecular formula is C22H43N3. The number of hydrogen-bond donors (Lipinski definition) is 2. The summed E-state index contributed by atoms with van der Waals surface area (Å²) >= 11 is 0. The quantitative estimate of drug-likeness (QED) is 0.456. The number of aromatic nitrogens is 2. The summed E-state index contributed by atoms with van der Waals surface area (Å²) < 4.78 is 0. The second-order valence-electron chi connectivity index (χ2n) is 8.83. The molecule has 146 valence electrons. The molecule has 2 rings (SSSR count). The van der Waals surface area contributed by atoms with Crippen molar-refractivity contribution in [2.45, 2.75) is 92.4 Å². The zero-order valence-corrected chi connectivity index (χ0v) is 17.5. The first-order valence-electron chi connectivity index (χ1n) is 10.7. The van der Waals surface area contributed by atoms with Gasteiger partial charge < -0.3 is 5.32 Å². The van der Waals surface area contributed by atoms with Crippen LogP contribution in [0.2, 0.25) is 0 Å². The van der Waals surface area contributed by atoms with Crippen LogP contribution in [0.1, 0.15) is 91.7 Å². The summed E-state index contributed by atoms with van der Waals surface area (Å²) in [6, 6.07) is 2.03. The molecule has 1 saturated carbocycles. The summed E-state index contributed by atoms with van der Waals surface area (Å²) in [5, 5.41) is 10.5. The highest BCUT2D eigenvalue weighted by Gasteiger charge is 2.41. The zero-order valence-electron chi connectivity index (χ0n) is 17.5. The van der Waals surface area contributed by atoms with E-state index in [9.17, 15) is 0 Å². The zero-order chi connectivity index (χ0) is 18.5. The van der Waals surface area contributed by atoms with E-state index in [0.29, 0.717) is 0 Å². The van der Waals surface area contributed by atoms with Crippen LogP contribution in [0, 0.1) is 17.3 Å². The van der Waals surface area contributed by atoms with Crippen molar-refractivity contribution in [3.05, 3.63) is 18.0 Å². The van der Waals surface area contributed by atoms with E-state index in [4.69, 9.17) is 0 Å².